The van der Waals surface area contributed by atoms with Crippen molar-refractivity contribution in [2.75, 3.05) is 18.5 Å². The molecule has 5 nitrogen and oxygen atoms in total. The zero-order valence-corrected chi connectivity index (χ0v) is 13.1. The number of nitriles is 1. The van der Waals surface area contributed by atoms with Crippen molar-refractivity contribution >= 4 is 27.9 Å². The number of thiophene rings is 1. The van der Waals surface area contributed by atoms with E-state index in [-0.39, 0.29) is 6.10 Å². The summed E-state index contributed by atoms with van der Waals surface area (Å²) in [5.74, 6) is 0. The summed E-state index contributed by atoms with van der Waals surface area (Å²) in [6.45, 7) is 1.34. The molecule has 1 aliphatic heterocycles. The summed E-state index contributed by atoms with van der Waals surface area (Å²) in [7, 11) is 0. The third kappa shape index (κ3) is 2.54. The monoisotopic (exact) mass is 322 g/mol. The van der Waals surface area contributed by atoms with Crippen LogP contribution in [0, 0.1) is 11.3 Å². The normalized spacial score (nSPS) is 16.7. The molecule has 1 aromatic carbocycles. The third-order valence-electron chi connectivity index (χ3n) is 4.01. The lowest BCUT2D eigenvalue weighted by molar-refractivity contribution is 0.0527. The molecule has 1 unspecified atom stereocenters. The maximum atomic E-state index is 9.32. The molecule has 0 amide bonds. The maximum Gasteiger partial charge on any atom is 0.186 e. The second-order valence-electron chi connectivity index (χ2n) is 5.34. The second-order valence-corrected chi connectivity index (χ2v) is 6.34. The average molecular weight is 322 g/mol. The Bertz CT molecular complexity index is 899. The van der Waals surface area contributed by atoms with Crippen molar-refractivity contribution in [2.45, 2.75) is 12.5 Å². The van der Waals surface area contributed by atoms with Crippen LogP contribution in [0.3, 0.4) is 0 Å². The smallest absolute Gasteiger partial charge is 0.186 e. The van der Waals surface area contributed by atoms with Crippen LogP contribution in [0.4, 0.5) is 5.69 Å². The van der Waals surface area contributed by atoms with E-state index in [1.54, 1.807) is 11.3 Å². The fourth-order valence-electron chi connectivity index (χ4n) is 2.90. The molecular formula is C17H14N4OS. The van der Waals surface area contributed by atoms with Crippen LogP contribution in [-0.4, -0.2) is 23.3 Å². The molecule has 0 saturated heterocycles. The fraction of sp³-hybridized carbons (Fsp3) is 0.235. The molecule has 0 saturated carbocycles. The molecule has 3 aromatic rings. The number of rotatable bonds is 3. The molecule has 3 heterocycles. The predicted molar refractivity (Wildman–Crippen MR) is 89.5 cm³/mol. The molecule has 0 bridgehead atoms. The van der Waals surface area contributed by atoms with Gasteiger partial charge in [-0.1, -0.05) is 18.2 Å². The van der Waals surface area contributed by atoms with E-state index < -0.39 is 0 Å². The fourth-order valence-corrected chi connectivity index (χ4v) is 3.81. The minimum Gasteiger partial charge on any atom is -0.379 e. The van der Waals surface area contributed by atoms with Crippen molar-refractivity contribution in [3.8, 4) is 6.07 Å². The lowest BCUT2D eigenvalue weighted by Crippen LogP contribution is -2.22. The van der Waals surface area contributed by atoms with Crippen LogP contribution in [0.2, 0.25) is 0 Å². The van der Waals surface area contributed by atoms with Crippen molar-refractivity contribution in [3.63, 3.8) is 0 Å². The molecule has 114 valence electrons. The molecule has 0 fully saturated rings. The Balaban J connectivity index is 1.65. The van der Waals surface area contributed by atoms with E-state index in [0.717, 1.165) is 29.6 Å². The van der Waals surface area contributed by atoms with Gasteiger partial charge in [-0.3, -0.25) is 0 Å². The highest BCUT2D eigenvalue weighted by molar-refractivity contribution is 7.10. The number of ether oxygens (including phenoxy) is 1. The predicted octanol–water partition coefficient (Wildman–Crippen LogP) is 3.29. The van der Waals surface area contributed by atoms with Crippen LogP contribution in [0.5, 0.6) is 0 Å². The maximum absolute atomic E-state index is 9.32. The van der Waals surface area contributed by atoms with Crippen LogP contribution in [0.15, 0.2) is 35.7 Å². The van der Waals surface area contributed by atoms with Gasteiger partial charge in [0.15, 0.2) is 5.69 Å². The molecule has 0 spiro atoms. The highest BCUT2D eigenvalue weighted by Gasteiger charge is 2.22. The van der Waals surface area contributed by atoms with Gasteiger partial charge in [0.25, 0.3) is 0 Å². The van der Waals surface area contributed by atoms with Crippen LogP contribution in [-0.2, 0) is 11.2 Å². The summed E-state index contributed by atoms with van der Waals surface area (Å²) in [6, 6.07) is 11.9. The molecule has 23 heavy (non-hydrogen) atoms. The van der Waals surface area contributed by atoms with E-state index in [0.29, 0.717) is 12.2 Å². The van der Waals surface area contributed by atoms with Gasteiger partial charge in [0.05, 0.1) is 17.8 Å². The minimum absolute atomic E-state index is 0.00321. The average Bonchev–Trinajstić information content (AvgIpc) is 3.08. The van der Waals surface area contributed by atoms with Crippen LogP contribution >= 0.6 is 11.3 Å². The Labute approximate surface area is 137 Å². The van der Waals surface area contributed by atoms with Gasteiger partial charge in [-0.05, 0) is 23.1 Å². The number of hydrogen-bond acceptors (Lipinski definition) is 6. The van der Waals surface area contributed by atoms with E-state index in [4.69, 9.17) is 4.74 Å². The number of benzene rings is 1. The number of hydrogen-bond donors (Lipinski definition) is 1. The molecule has 1 N–H and O–H groups in total. The Morgan fingerprint density at radius 3 is 3.13 bits per heavy atom. The first-order valence-electron chi connectivity index (χ1n) is 7.44. The largest absolute Gasteiger partial charge is 0.379 e. The summed E-state index contributed by atoms with van der Waals surface area (Å²) in [5.41, 5.74) is 3.06. The van der Waals surface area contributed by atoms with Crippen LogP contribution < -0.4 is 5.32 Å². The van der Waals surface area contributed by atoms with E-state index in [2.05, 4.69) is 33.0 Å². The number of aromatic nitrogens is 2. The number of fused-ring (bicyclic) bond motifs is 2. The topological polar surface area (TPSA) is 70.8 Å². The molecule has 1 atom stereocenters. The van der Waals surface area contributed by atoms with E-state index >= 15 is 0 Å². The minimum atomic E-state index is 0.00321. The molecular weight excluding hydrogens is 308 g/mol. The molecule has 0 aliphatic carbocycles. The summed E-state index contributed by atoms with van der Waals surface area (Å²) in [4.78, 5) is 1.39. The first kappa shape index (κ1) is 14.1. The van der Waals surface area contributed by atoms with Gasteiger partial charge < -0.3 is 10.1 Å². The Morgan fingerprint density at radius 1 is 1.30 bits per heavy atom. The SMILES string of the molecule is N#Cc1nnc2ccccc2c1NCC1OCCc2sccc21. The first-order valence-corrected chi connectivity index (χ1v) is 8.32. The summed E-state index contributed by atoms with van der Waals surface area (Å²) < 4.78 is 5.90. The Hall–Kier alpha value is -2.49. The van der Waals surface area contributed by atoms with Gasteiger partial charge in [0.2, 0.25) is 0 Å². The number of nitrogens with one attached hydrogen (secondary N) is 1. The number of anilines is 1. The van der Waals surface area contributed by atoms with Crippen LogP contribution in [0.25, 0.3) is 10.9 Å². The molecule has 2 aromatic heterocycles. The van der Waals surface area contributed by atoms with Gasteiger partial charge in [0.1, 0.15) is 12.2 Å². The highest BCUT2D eigenvalue weighted by Crippen LogP contribution is 2.32. The Kier molecular flexibility index (Phi) is 3.66. The van der Waals surface area contributed by atoms with E-state index in [1.165, 1.54) is 10.4 Å². The lowest BCUT2D eigenvalue weighted by Gasteiger charge is -2.24. The van der Waals surface area contributed by atoms with E-state index in [1.807, 2.05) is 24.3 Å². The summed E-state index contributed by atoms with van der Waals surface area (Å²) >= 11 is 1.78. The first-order chi connectivity index (χ1) is 11.4. The quantitative estimate of drug-likeness (QED) is 0.801. The second kappa shape index (κ2) is 5.95. The lowest BCUT2D eigenvalue weighted by atomic mass is 10.1. The summed E-state index contributed by atoms with van der Waals surface area (Å²) in [6.07, 6.45) is 0.982. The van der Waals surface area contributed by atoms with Gasteiger partial charge in [-0.15, -0.1) is 21.5 Å². The van der Waals surface area contributed by atoms with Gasteiger partial charge in [0, 0.05) is 23.2 Å². The third-order valence-corrected chi connectivity index (χ3v) is 5.01. The van der Waals surface area contributed by atoms with Gasteiger partial charge in [-0.2, -0.15) is 5.26 Å². The van der Waals surface area contributed by atoms with Crippen molar-refractivity contribution in [1.29, 1.82) is 5.26 Å². The van der Waals surface area contributed by atoms with Crippen molar-refractivity contribution in [3.05, 3.63) is 51.8 Å². The van der Waals surface area contributed by atoms with E-state index in [9.17, 15) is 5.26 Å². The highest BCUT2D eigenvalue weighted by atomic mass is 32.1. The summed E-state index contributed by atoms with van der Waals surface area (Å²) in [5, 5.41) is 23.8. The molecule has 0 radical (unpaired) electrons. The molecule has 6 heteroatoms. The number of nitrogens with zero attached hydrogens (tertiary/aromatic N) is 3. The molecule has 4 rings (SSSR count). The van der Waals surface area contributed by atoms with Gasteiger partial charge in [-0.25, -0.2) is 0 Å². The van der Waals surface area contributed by atoms with Gasteiger partial charge >= 0.3 is 0 Å². The van der Waals surface area contributed by atoms with Crippen molar-refractivity contribution in [2.24, 2.45) is 0 Å². The standard InChI is InChI=1S/C17H14N4OS/c18-9-14-17(11-3-1-2-4-13(11)20-21-14)19-10-15-12-6-8-23-16(12)5-7-22-15/h1-4,6,8,15H,5,7,10H2,(H,19,20). The van der Waals surface area contributed by atoms with Crippen LogP contribution in [0.1, 0.15) is 22.2 Å². The zero-order valence-electron chi connectivity index (χ0n) is 12.3. The molecule has 1 aliphatic rings. The van der Waals surface area contributed by atoms with Crippen molar-refractivity contribution in [1.82, 2.24) is 10.2 Å². The Morgan fingerprint density at radius 2 is 2.22 bits per heavy atom. The van der Waals surface area contributed by atoms with Crippen molar-refractivity contribution < 1.29 is 4.74 Å². The zero-order chi connectivity index (χ0) is 15.6.